The van der Waals surface area contributed by atoms with Crippen molar-refractivity contribution in [2.75, 3.05) is 33.3 Å². The molecule has 5 nitrogen and oxygen atoms in total. The second-order valence-electron chi connectivity index (χ2n) is 7.21. The van der Waals surface area contributed by atoms with Gasteiger partial charge in [0.1, 0.15) is 0 Å². The minimum absolute atomic E-state index is 0.0718. The fraction of sp³-hybridized carbons (Fsp3) is 0.409. The Bertz CT molecular complexity index is 756. The first-order chi connectivity index (χ1) is 13.6. The molecule has 1 aliphatic rings. The Morgan fingerprint density at radius 2 is 1.96 bits per heavy atom. The predicted octanol–water partition coefficient (Wildman–Crippen LogP) is 3.51. The van der Waals surface area contributed by atoms with E-state index < -0.39 is 0 Å². The number of likely N-dealkylation sites (tertiary alicyclic amines) is 1. The molecule has 0 aliphatic carbocycles. The lowest BCUT2D eigenvalue weighted by Crippen LogP contribution is -2.44. The molecular weight excluding hydrogens is 357 g/mol. The second-order valence-corrected chi connectivity index (χ2v) is 7.21. The van der Waals surface area contributed by atoms with Gasteiger partial charge in [0.2, 0.25) is 0 Å². The second kappa shape index (κ2) is 10.1. The predicted molar refractivity (Wildman–Crippen MR) is 108 cm³/mol. The maximum atomic E-state index is 13.5. The highest BCUT2D eigenvalue weighted by atomic mass is 19.1. The number of urea groups is 1. The number of benzene rings is 2. The summed E-state index contributed by atoms with van der Waals surface area (Å²) in [5, 5.41) is 3.11. The number of nitrogens with one attached hydrogen (secondary N) is 1. The number of hydrogen-bond donors (Lipinski definition) is 1. The van der Waals surface area contributed by atoms with Crippen LogP contribution in [-0.2, 0) is 6.54 Å². The van der Waals surface area contributed by atoms with Crippen molar-refractivity contribution in [2.24, 2.45) is 0 Å². The maximum absolute atomic E-state index is 13.5. The van der Waals surface area contributed by atoms with Gasteiger partial charge >= 0.3 is 6.03 Å². The number of hydrogen-bond acceptors (Lipinski definition) is 3. The van der Waals surface area contributed by atoms with Gasteiger partial charge in [-0.25, -0.2) is 9.18 Å². The number of carbonyl (C=O) groups excluding carboxylic acids is 1. The summed E-state index contributed by atoms with van der Waals surface area (Å²) >= 11 is 0. The standard InChI is InChI=1S/C22H28FN3O2/c1-25(13-7-15-28-21-11-6-5-10-20(21)23)22(27)24-19-12-14-26(17-19)16-18-8-3-2-4-9-18/h2-6,8-11,19H,7,12-17H2,1H3,(H,24,27)/t19-/m1/s1. The van der Waals surface area contributed by atoms with E-state index in [-0.39, 0.29) is 23.6 Å². The SMILES string of the molecule is CN(CCCOc1ccccc1F)C(=O)N[C@@H]1CCN(Cc2ccccc2)C1. The molecular formula is C22H28FN3O2. The Labute approximate surface area is 166 Å². The molecule has 1 aliphatic heterocycles. The highest BCUT2D eigenvalue weighted by Crippen LogP contribution is 2.16. The molecule has 28 heavy (non-hydrogen) atoms. The topological polar surface area (TPSA) is 44.8 Å². The van der Waals surface area contributed by atoms with Crippen molar-refractivity contribution in [3.63, 3.8) is 0 Å². The van der Waals surface area contributed by atoms with Crippen LogP contribution in [0.3, 0.4) is 0 Å². The molecule has 0 unspecified atom stereocenters. The summed E-state index contributed by atoms with van der Waals surface area (Å²) in [6, 6.07) is 16.8. The fourth-order valence-electron chi connectivity index (χ4n) is 3.37. The molecule has 0 radical (unpaired) electrons. The van der Waals surface area contributed by atoms with Crippen molar-refractivity contribution in [1.82, 2.24) is 15.1 Å². The Morgan fingerprint density at radius 1 is 1.21 bits per heavy atom. The number of para-hydroxylation sites is 1. The number of nitrogens with zero attached hydrogens (tertiary/aromatic N) is 2. The minimum atomic E-state index is -0.366. The third-order valence-electron chi connectivity index (χ3n) is 4.93. The normalized spacial score (nSPS) is 16.7. The Kier molecular flexibility index (Phi) is 7.25. The molecule has 1 heterocycles. The van der Waals surface area contributed by atoms with E-state index in [2.05, 4.69) is 34.5 Å². The molecule has 150 valence electrons. The lowest BCUT2D eigenvalue weighted by molar-refractivity contribution is 0.198. The third kappa shape index (κ3) is 5.96. The molecule has 3 rings (SSSR count). The van der Waals surface area contributed by atoms with Gasteiger partial charge in [0, 0.05) is 39.3 Å². The Hall–Kier alpha value is -2.60. The first-order valence-electron chi connectivity index (χ1n) is 9.77. The van der Waals surface area contributed by atoms with Crippen LogP contribution in [0.15, 0.2) is 54.6 Å². The molecule has 0 saturated carbocycles. The average Bonchev–Trinajstić information content (AvgIpc) is 3.13. The number of carbonyl (C=O) groups is 1. The van der Waals surface area contributed by atoms with Crippen LogP contribution in [0, 0.1) is 5.82 Å². The zero-order valence-electron chi connectivity index (χ0n) is 16.3. The van der Waals surface area contributed by atoms with Gasteiger partial charge in [-0.2, -0.15) is 0 Å². The molecule has 2 aromatic carbocycles. The van der Waals surface area contributed by atoms with Crippen molar-refractivity contribution in [1.29, 1.82) is 0 Å². The van der Waals surface area contributed by atoms with E-state index in [1.54, 1.807) is 30.1 Å². The van der Waals surface area contributed by atoms with Crippen LogP contribution in [0.25, 0.3) is 0 Å². The summed E-state index contributed by atoms with van der Waals surface area (Å²) in [6.45, 7) is 3.69. The summed E-state index contributed by atoms with van der Waals surface area (Å²) in [5.74, 6) is -0.117. The van der Waals surface area contributed by atoms with E-state index >= 15 is 0 Å². The molecule has 6 heteroatoms. The van der Waals surface area contributed by atoms with Crippen LogP contribution in [0.4, 0.5) is 9.18 Å². The van der Waals surface area contributed by atoms with E-state index in [0.29, 0.717) is 19.6 Å². The molecule has 0 spiro atoms. The van der Waals surface area contributed by atoms with Gasteiger partial charge in [-0.3, -0.25) is 4.90 Å². The van der Waals surface area contributed by atoms with Gasteiger partial charge < -0.3 is 15.0 Å². The first kappa shape index (κ1) is 20.1. The van der Waals surface area contributed by atoms with Gasteiger partial charge in [0.25, 0.3) is 0 Å². The summed E-state index contributed by atoms with van der Waals surface area (Å²) in [5.41, 5.74) is 1.29. The van der Waals surface area contributed by atoms with E-state index in [0.717, 1.165) is 26.1 Å². The van der Waals surface area contributed by atoms with Crippen LogP contribution in [0.5, 0.6) is 5.75 Å². The van der Waals surface area contributed by atoms with Crippen LogP contribution < -0.4 is 10.1 Å². The lowest BCUT2D eigenvalue weighted by Gasteiger charge is -2.21. The first-order valence-corrected chi connectivity index (χ1v) is 9.77. The summed E-state index contributed by atoms with van der Waals surface area (Å²) in [7, 11) is 1.77. The smallest absolute Gasteiger partial charge is 0.317 e. The van der Waals surface area contributed by atoms with Gasteiger partial charge in [-0.05, 0) is 30.5 Å². The maximum Gasteiger partial charge on any atom is 0.317 e. The van der Waals surface area contributed by atoms with Crippen LogP contribution in [0.2, 0.25) is 0 Å². The molecule has 2 amide bonds. The quantitative estimate of drug-likeness (QED) is 0.708. The molecule has 1 fully saturated rings. The summed E-state index contributed by atoms with van der Waals surface area (Å²) in [6.07, 6.45) is 1.60. The Balaban J connectivity index is 1.33. The number of ether oxygens (including phenoxy) is 1. The lowest BCUT2D eigenvalue weighted by atomic mass is 10.2. The van der Waals surface area contributed by atoms with E-state index in [9.17, 15) is 9.18 Å². The minimum Gasteiger partial charge on any atom is -0.490 e. The summed E-state index contributed by atoms with van der Waals surface area (Å²) < 4.78 is 18.9. The van der Waals surface area contributed by atoms with Gasteiger partial charge in [0.15, 0.2) is 11.6 Å². The molecule has 1 N–H and O–H groups in total. The van der Waals surface area contributed by atoms with Gasteiger partial charge in [0.05, 0.1) is 6.61 Å². The van der Waals surface area contributed by atoms with E-state index in [4.69, 9.17) is 4.74 Å². The highest BCUT2D eigenvalue weighted by molar-refractivity contribution is 5.74. The van der Waals surface area contributed by atoms with Crippen molar-refractivity contribution >= 4 is 6.03 Å². The average molecular weight is 385 g/mol. The highest BCUT2D eigenvalue weighted by Gasteiger charge is 2.24. The van der Waals surface area contributed by atoms with Crippen LogP contribution >= 0.6 is 0 Å². The Morgan fingerprint density at radius 3 is 2.75 bits per heavy atom. The van der Waals surface area contributed by atoms with Crippen molar-refractivity contribution < 1.29 is 13.9 Å². The number of amides is 2. The van der Waals surface area contributed by atoms with Crippen molar-refractivity contribution in [3.8, 4) is 5.75 Å². The number of halogens is 1. The molecule has 0 bridgehead atoms. The molecule has 2 aromatic rings. The van der Waals surface area contributed by atoms with E-state index in [1.807, 2.05) is 6.07 Å². The fourth-order valence-corrected chi connectivity index (χ4v) is 3.37. The van der Waals surface area contributed by atoms with Gasteiger partial charge in [-0.15, -0.1) is 0 Å². The molecule has 1 atom stereocenters. The zero-order chi connectivity index (χ0) is 19.8. The number of rotatable bonds is 8. The largest absolute Gasteiger partial charge is 0.490 e. The molecule has 0 aromatic heterocycles. The zero-order valence-corrected chi connectivity index (χ0v) is 16.3. The molecule has 1 saturated heterocycles. The monoisotopic (exact) mass is 385 g/mol. The van der Waals surface area contributed by atoms with Crippen molar-refractivity contribution in [2.45, 2.75) is 25.4 Å². The van der Waals surface area contributed by atoms with Crippen LogP contribution in [0.1, 0.15) is 18.4 Å². The van der Waals surface area contributed by atoms with Gasteiger partial charge in [-0.1, -0.05) is 42.5 Å². The third-order valence-corrected chi connectivity index (χ3v) is 4.93. The van der Waals surface area contributed by atoms with E-state index in [1.165, 1.54) is 11.6 Å². The van der Waals surface area contributed by atoms with Crippen LogP contribution in [-0.4, -0.2) is 55.2 Å². The van der Waals surface area contributed by atoms with Crippen molar-refractivity contribution in [3.05, 3.63) is 66.0 Å². The summed E-state index contributed by atoms with van der Waals surface area (Å²) in [4.78, 5) is 16.4.